The topological polar surface area (TPSA) is 54.9 Å². The number of carbonyl (C=O) groups excluding carboxylic acids is 1. The minimum Gasteiger partial charge on any atom is -0.379 e. The van der Waals surface area contributed by atoms with Gasteiger partial charge < -0.3 is 14.4 Å². The van der Waals surface area contributed by atoms with Crippen molar-refractivity contribution in [3.8, 4) is 0 Å². The molecule has 0 saturated carbocycles. The molecule has 0 spiro atoms. The monoisotopic (exact) mass is 395 g/mol. The van der Waals surface area contributed by atoms with E-state index >= 15 is 0 Å². The molecule has 0 bridgehead atoms. The van der Waals surface area contributed by atoms with Crippen LogP contribution in [0, 0.1) is 6.92 Å². The third-order valence-corrected chi connectivity index (χ3v) is 5.68. The zero-order chi connectivity index (χ0) is 20.1. The van der Waals surface area contributed by atoms with Crippen LogP contribution in [0.2, 0.25) is 0 Å². The summed E-state index contributed by atoms with van der Waals surface area (Å²) in [5.41, 5.74) is 3.26. The molecule has 1 aromatic carbocycles. The highest BCUT2D eigenvalue weighted by Gasteiger charge is 2.37. The predicted octanol–water partition coefficient (Wildman–Crippen LogP) is 2.23. The number of carbonyl (C=O) groups is 1. The molecule has 2 aliphatic rings. The summed E-state index contributed by atoms with van der Waals surface area (Å²) < 4.78 is 11.7. The molecule has 6 heteroatoms. The van der Waals surface area contributed by atoms with Crippen molar-refractivity contribution >= 4 is 5.91 Å². The highest BCUT2D eigenvalue weighted by atomic mass is 16.5. The first kappa shape index (κ1) is 20.0. The van der Waals surface area contributed by atoms with Gasteiger partial charge in [-0.05, 0) is 24.1 Å². The lowest BCUT2D eigenvalue weighted by molar-refractivity contribution is -0.148. The van der Waals surface area contributed by atoms with E-state index in [0.29, 0.717) is 19.6 Å². The van der Waals surface area contributed by atoms with Crippen LogP contribution in [0.4, 0.5) is 0 Å². The summed E-state index contributed by atoms with van der Waals surface area (Å²) in [7, 11) is 0. The largest absolute Gasteiger partial charge is 0.379 e. The van der Waals surface area contributed by atoms with E-state index in [9.17, 15) is 4.79 Å². The van der Waals surface area contributed by atoms with Crippen molar-refractivity contribution in [3.63, 3.8) is 0 Å². The molecule has 6 nitrogen and oxygen atoms in total. The van der Waals surface area contributed by atoms with Crippen LogP contribution in [0.3, 0.4) is 0 Å². The maximum absolute atomic E-state index is 13.3. The van der Waals surface area contributed by atoms with Crippen LogP contribution in [0.25, 0.3) is 0 Å². The van der Waals surface area contributed by atoms with E-state index in [2.05, 4.69) is 28.9 Å². The number of hydrogen-bond donors (Lipinski definition) is 0. The molecule has 2 saturated heterocycles. The number of aryl methyl sites for hydroxylation is 1. The smallest absolute Gasteiger partial charge is 0.227 e. The summed E-state index contributed by atoms with van der Waals surface area (Å²) in [5.74, 6) is 0.139. The Morgan fingerprint density at radius 3 is 2.76 bits per heavy atom. The molecule has 0 aliphatic carbocycles. The van der Waals surface area contributed by atoms with Crippen LogP contribution < -0.4 is 0 Å². The standard InChI is InChI=1S/C23H29N3O3/c1-18-4-2-5-19(14-18)15-22(27)26-10-13-29-21(17-25-8-11-28-12-9-25)23(26)20-6-3-7-24-16-20/h2-7,14,16,21,23H,8-13,15,17H2,1H3/t21-,23-/m0/s1. The van der Waals surface area contributed by atoms with Crippen molar-refractivity contribution in [2.24, 2.45) is 0 Å². The number of amides is 1. The van der Waals surface area contributed by atoms with Crippen LogP contribution in [0.1, 0.15) is 22.7 Å². The molecule has 0 N–H and O–H groups in total. The zero-order valence-electron chi connectivity index (χ0n) is 17.0. The van der Waals surface area contributed by atoms with Gasteiger partial charge in [0.25, 0.3) is 0 Å². The van der Waals surface area contributed by atoms with Crippen LogP contribution in [0.5, 0.6) is 0 Å². The fourth-order valence-corrected chi connectivity index (χ4v) is 4.25. The summed E-state index contributed by atoms with van der Waals surface area (Å²) in [4.78, 5) is 22.0. The molecule has 154 valence electrons. The Labute approximate surface area is 172 Å². The predicted molar refractivity (Wildman–Crippen MR) is 111 cm³/mol. The van der Waals surface area contributed by atoms with Gasteiger partial charge in [0.1, 0.15) is 0 Å². The Balaban J connectivity index is 1.55. The average molecular weight is 396 g/mol. The Hall–Kier alpha value is -2.28. The number of morpholine rings is 2. The summed E-state index contributed by atoms with van der Waals surface area (Å²) in [6, 6.07) is 12.0. The van der Waals surface area contributed by atoms with Gasteiger partial charge in [0, 0.05) is 38.6 Å². The average Bonchev–Trinajstić information content (AvgIpc) is 2.75. The lowest BCUT2D eigenvalue weighted by Crippen LogP contribution is -2.53. The van der Waals surface area contributed by atoms with E-state index in [-0.39, 0.29) is 18.1 Å². The first-order valence-corrected chi connectivity index (χ1v) is 10.4. The maximum Gasteiger partial charge on any atom is 0.227 e. The number of hydrogen-bond acceptors (Lipinski definition) is 5. The maximum atomic E-state index is 13.3. The highest BCUT2D eigenvalue weighted by Crippen LogP contribution is 2.30. The molecule has 2 aromatic rings. The molecule has 0 unspecified atom stereocenters. The van der Waals surface area contributed by atoms with Crippen molar-refractivity contribution in [1.82, 2.24) is 14.8 Å². The number of nitrogens with zero attached hydrogens (tertiary/aromatic N) is 3. The fraction of sp³-hybridized carbons (Fsp3) is 0.478. The Kier molecular flexibility index (Phi) is 6.54. The lowest BCUT2D eigenvalue weighted by atomic mass is 9.97. The van der Waals surface area contributed by atoms with Gasteiger partial charge in [0.2, 0.25) is 5.91 Å². The van der Waals surface area contributed by atoms with E-state index in [1.807, 2.05) is 35.4 Å². The van der Waals surface area contributed by atoms with Crippen LogP contribution in [-0.4, -0.2) is 72.8 Å². The third kappa shape index (κ3) is 5.01. The Bertz CT molecular complexity index is 808. The van der Waals surface area contributed by atoms with Gasteiger partial charge in [-0.25, -0.2) is 0 Å². The minimum absolute atomic E-state index is 0.0764. The van der Waals surface area contributed by atoms with Gasteiger partial charge in [-0.15, -0.1) is 0 Å². The molecular weight excluding hydrogens is 366 g/mol. The van der Waals surface area contributed by atoms with Crippen molar-refractivity contribution in [2.45, 2.75) is 25.5 Å². The van der Waals surface area contributed by atoms with Gasteiger partial charge in [-0.1, -0.05) is 35.9 Å². The first-order valence-electron chi connectivity index (χ1n) is 10.4. The molecule has 2 aliphatic heterocycles. The third-order valence-electron chi connectivity index (χ3n) is 5.68. The highest BCUT2D eigenvalue weighted by molar-refractivity contribution is 5.79. The summed E-state index contributed by atoms with van der Waals surface area (Å²) in [6.45, 7) is 7.31. The summed E-state index contributed by atoms with van der Waals surface area (Å²) in [6.07, 6.45) is 3.96. The molecule has 1 aromatic heterocycles. The zero-order valence-corrected chi connectivity index (χ0v) is 17.0. The molecule has 2 atom stereocenters. The van der Waals surface area contributed by atoms with E-state index in [1.165, 1.54) is 5.56 Å². The Morgan fingerprint density at radius 1 is 1.14 bits per heavy atom. The van der Waals surface area contributed by atoms with Crippen molar-refractivity contribution < 1.29 is 14.3 Å². The minimum atomic E-state index is -0.127. The SMILES string of the molecule is Cc1cccc(CC(=O)N2CCO[C@@H](CN3CCOCC3)[C@@H]2c2cccnc2)c1. The first-order chi connectivity index (χ1) is 14.2. The molecule has 2 fully saturated rings. The fourth-order valence-electron chi connectivity index (χ4n) is 4.25. The van der Waals surface area contributed by atoms with Crippen molar-refractivity contribution in [2.75, 3.05) is 46.0 Å². The van der Waals surface area contributed by atoms with E-state index in [4.69, 9.17) is 9.47 Å². The molecule has 4 rings (SSSR count). The molecular formula is C23H29N3O3. The Morgan fingerprint density at radius 2 is 2.00 bits per heavy atom. The number of pyridine rings is 1. The lowest BCUT2D eigenvalue weighted by Gasteiger charge is -2.43. The second kappa shape index (κ2) is 9.48. The van der Waals surface area contributed by atoms with Gasteiger partial charge in [-0.3, -0.25) is 14.7 Å². The van der Waals surface area contributed by atoms with Crippen LogP contribution >= 0.6 is 0 Å². The van der Waals surface area contributed by atoms with Crippen molar-refractivity contribution in [3.05, 3.63) is 65.5 Å². The second-order valence-corrected chi connectivity index (χ2v) is 7.81. The quantitative estimate of drug-likeness (QED) is 0.777. The van der Waals surface area contributed by atoms with Gasteiger partial charge in [0.15, 0.2) is 0 Å². The second-order valence-electron chi connectivity index (χ2n) is 7.81. The number of ether oxygens (including phenoxy) is 2. The van der Waals surface area contributed by atoms with E-state index in [1.54, 1.807) is 6.20 Å². The molecule has 3 heterocycles. The summed E-state index contributed by atoms with van der Waals surface area (Å²) >= 11 is 0. The van der Waals surface area contributed by atoms with Crippen LogP contribution in [0.15, 0.2) is 48.8 Å². The van der Waals surface area contributed by atoms with Crippen molar-refractivity contribution in [1.29, 1.82) is 0 Å². The molecule has 29 heavy (non-hydrogen) atoms. The molecule has 0 radical (unpaired) electrons. The van der Waals surface area contributed by atoms with Gasteiger partial charge in [-0.2, -0.15) is 0 Å². The number of aromatic nitrogens is 1. The van der Waals surface area contributed by atoms with Gasteiger partial charge >= 0.3 is 0 Å². The number of benzene rings is 1. The normalized spacial score (nSPS) is 23.1. The summed E-state index contributed by atoms with van der Waals surface area (Å²) in [5, 5.41) is 0. The van der Waals surface area contributed by atoms with E-state index in [0.717, 1.165) is 44.0 Å². The molecule has 1 amide bonds. The number of rotatable bonds is 5. The van der Waals surface area contributed by atoms with E-state index < -0.39 is 0 Å². The van der Waals surface area contributed by atoms with Crippen LogP contribution in [-0.2, 0) is 20.7 Å². The van der Waals surface area contributed by atoms with Gasteiger partial charge in [0.05, 0.1) is 38.4 Å².